The zero-order valence-corrected chi connectivity index (χ0v) is 10.6. The monoisotopic (exact) mass is 277 g/mol. The van der Waals surface area contributed by atoms with Gasteiger partial charge in [-0.25, -0.2) is 9.59 Å². The van der Waals surface area contributed by atoms with Gasteiger partial charge in [-0.1, -0.05) is 0 Å². The molecule has 1 heterocycles. The van der Waals surface area contributed by atoms with E-state index in [1.165, 1.54) is 23.5 Å². The predicted molar refractivity (Wildman–Crippen MR) is 72.0 cm³/mol. The van der Waals surface area contributed by atoms with Gasteiger partial charge in [0, 0.05) is 22.5 Å². The normalized spacial score (nSPS) is 10.1. The second-order valence-corrected chi connectivity index (χ2v) is 4.84. The van der Waals surface area contributed by atoms with Crippen LogP contribution in [0.25, 0.3) is 0 Å². The lowest BCUT2D eigenvalue weighted by atomic mass is 10.2. The van der Waals surface area contributed by atoms with Gasteiger partial charge in [0.25, 0.3) is 0 Å². The molecule has 6 heteroatoms. The molecule has 2 aromatic rings. The first-order valence-corrected chi connectivity index (χ1v) is 6.32. The Morgan fingerprint density at radius 2 is 1.68 bits per heavy atom. The summed E-state index contributed by atoms with van der Waals surface area (Å²) in [6.45, 7) is 0.504. The Hall–Kier alpha value is -2.34. The molecule has 0 radical (unpaired) electrons. The summed E-state index contributed by atoms with van der Waals surface area (Å²) in [5.74, 6) is -1.90. The molecule has 0 atom stereocenters. The molecule has 0 aliphatic rings. The largest absolute Gasteiger partial charge is 0.478 e. The smallest absolute Gasteiger partial charge is 0.336 e. The Labute approximate surface area is 113 Å². The fourth-order valence-electron chi connectivity index (χ4n) is 1.51. The highest BCUT2D eigenvalue weighted by Gasteiger charge is 2.06. The summed E-state index contributed by atoms with van der Waals surface area (Å²) in [5, 5.41) is 22.3. The zero-order valence-electron chi connectivity index (χ0n) is 9.79. The Balaban J connectivity index is 1.97. The van der Waals surface area contributed by atoms with Gasteiger partial charge < -0.3 is 15.5 Å². The average molecular weight is 277 g/mol. The van der Waals surface area contributed by atoms with Crippen molar-refractivity contribution >= 4 is 29.0 Å². The van der Waals surface area contributed by atoms with Crippen LogP contribution in [0.3, 0.4) is 0 Å². The number of nitrogens with one attached hydrogen (secondary N) is 1. The van der Waals surface area contributed by atoms with Crippen molar-refractivity contribution in [3.63, 3.8) is 0 Å². The quantitative estimate of drug-likeness (QED) is 0.782. The van der Waals surface area contributed by atoms with Crippen LogP contribution in [0.2, 0.25) is 0 Å². The molecule has 0 bridgehead atoms. The van der Waals surface area contributed by atoms with Crippen molar-refractivity contribution in [1.82, 2.24) is 0 Å². The van der Waals surface area contributed by atoms with E-state index in [0.717, 1.165) is 10.6 Å². The summed E-state index contributed by atoms with van der Waals surface area (Å²) in [5.41, 5.74) is 1.30. The van der Waals surface area contributed by atoms with Crippen molar-refractivity contribution in [2.45, 2.75) is 6.54 Å². The summed E-state index contributed by atoms with van der Waals surface area (Å²) < 4.78 is 0. The van der Waals surface area contributed by atoms with Gasteiger partial charge in [-0.3, -0.25) is 0 Å². The lowest BCUT2D eigenvalue weighted by Crippen LogP contribution is -2.00. The number of carboxylic acid groups (broad SMARTS) is 2. The zero-order chi connectivity index (χ0) is 13.8. The number of hydrogen-bond donors (Lipinski definition) is 3. The lowest BCUT2D eigenvalue weighted by molar-refractivity contribution is 0.0686. The van der Waals surface area contributed by atoms with Gasteiger partial charge >= 0.3 is 11.9 Å². The van der Waals surface area contributed by atoms with E-state index < -0.39 is 11.9 Å². The summed E-state index contributed by atoms with van der Waals surface area (Å²) in [6, 6.07) is 8.00. The number of aromatic carboxylic acids is 2. The highest BCUT2D eigenvalue weighted by atomic mass is 32.1. The van der Waals surface area contributed by atoms with Gasteiger partial charge in [0.2, 0.25) is 0 Å². The summed E-state index contributed by atoms with van der Waals surface area (Å²) >= 11 is 1.37. The third kappa shape index (κ3) is 3.32. The third-order valence-corrected chi connectivity index (χ3v) is 3.44. The number of carbonyl (C=O) groups is 2. The van der Waals surface area contributed by atoms with Crippen LogP contribution in [0.15, 0.2) is 35.7 Å². The Bertz CT molecular complexity index is 603. The molecule has 0 unspecified atom stereocenters. The maximum atomic E-state index is 10.7. The van der Waals surface area contributed by atoms with Crippen LogP contribution in [0, 0.1) is 0 Å². The summed E-state index contributed by atoms with van der Waals surface area (Å²) in [4.78, 5) is 22.3. The van der Waals surface area contributed by atoms with E-state index in [0.29, 0.717) is 6.54 Å². The Kier molecular flexibility index (Phi) is 3.82. The fraction of sp³-hybridized carbons (Fsp3) is 0.0769. The second-order valence-electron chi connectivity index (χ2n) is 3.84. The van der Waals surface area contributed by atoms with Gasteiger partial charge in [0.05, 0.1) is 11.1 Å². The minimum atomic E-state index is -0.962. The first-order valence-electron chi connectivity index (χ1n) is 5.44. The van der Waals surface area contributed by atoms with Gasteiger partial charge in [-0.15, -0.1) is 11.3 Å². The van der Waals surface area contributed by atoms with Crippen LogP contribution in [-0.4, -0.2) is 22.2 Å². The molecule has 0 amide bonds. The molecule has 0 saturated carbocycles. The highest BCUT2D eigenvalue weighted by Crippen LogP contribution is 2.17. The molecule has 0 fully saturated rings. The minimum absolute atomic E-state index is 0.231. The number of carboxylic acids is 2. The average Bonchev–Trinajstić information content (AvgIpc) is 2.86. The van der Waals surface area contributed by atoms with Crippen molar-refractivity contribution in [3.05, 3.63) is 51.7 Å². The molecule has 0 spiro atoms. The molecule has 0 aliphatic carbocycles. The predicted octanol–water partition coefficient (Wildman–Crippen LogP) is 2.76. The van der Waals surface area contributed by atoms with Gasteiger partial charge in [-0.05, 0) is 30.3 Å². The number of hydrogen-bond acceptors (Lipinski definition) is 4. The van der Waals surface area contributed by atoms with Crippen molar-refractivity contribution in [1.29, 1.82) is 0 Å². The molecule has 98 valence electrons. The standard InChI is InChI=1S/C13H11NO4S/c15-12(16)8-1-3-10(4-2-8)14-6-11-5-9(7-19-11)13(17)18/h1-5,7,14H,6H2,(H,15,16)(H,17,18). The molecule has 5 nitrogen and oxygen atoms in total. The molecular weight excluding hydrogens is 266 g/mol. The van der Waals surface area contributed by atoms with Crippen molar-refractivity contribution < 1.29 is 19.8 Å². The van der Waals surface area contributed by atoms with Crippen LogP contribution in [0.4, 0.5) is 5.69 Å². The van der Waals surface area contributed by atoms with E-state index in [9.17, 15) is 9.59 Å². The maximum absolute atomic E-state index is 10.7. The Morgan fingerprint density at radius 1 is 1.05 bits per heavy atom. The third-order valence-electron chi connectivity index (χ3n) is 2.50. The molecule has 1 aromatic heterocycles. The van der Waals surface area contributed by atoms with E-state index in [1.807, 2.05) is 0 Å². The fourth-order valence-corrected chi connectivity index (χ4v) is 2.30. The van der Waals surface area contributed by atoms with Crippen LogP contribution < -0.4 is 5.32 Å². The Morgan fingerprint density at radius 3 is 2.21 bits per heavy atom. The maximum Gasteiger partial charge on any atom is 0.336 e. The minimum Gasteiger partial charge on any atom is -0.478 e. The second kappa shape index (κ2) is 5.53. The van der Waals surface area contributed by atoms with E-state index in [4.69, 9.17) is 10.2 Å². The summed E-state index contributed by atoms with van der Waals surface area (Å²) in [6.07, 6.45) is 0. The topological polar surface area (TPSA) is 86.6 Å². The first-order chi connectivity index (χ1) is 9.06. The van der Waals surface area contributed by atoms with E-state index in [2.05, 4.69) is 5.32 Å². The SMILES string of the molecule is O=C(O)c1ccc(NCc2cc(C(=O)O)cs2)cc1. The molecule has 0 saturated heterocycles. The lowest BCUT2D eigenvalue weighted by Gasteiger charge is -2.04. The number of benzene rings is 1. The number of anilines is 1. The first kappa shape index (κ1) is 13.1. The van der Waals surface area contributed by atoms with Crippen LogP contribution in [-0.2, 0) is 6.54 Å². The molecular formula is C13H11NO4S. The van der Waals surface area contributed by atoms with Crippen LogP contribution in [0.5, 0.6) is 0 Å². The molecule has 2 rings (SSSR count). The van der Waals surface area contributed by atoms with Crippen LogP contribution >= 0.6 is 11.3 Å². The van der Waals surface area contributed by atoms with Crippen molar-refractivity contribution in [3.8, 4) is 0 Å². The number of rotatable bonds is 5. The highest BCUT2D eigenvalue weighted by molar-refractivity contribution is 7.10. The summed E-state index contributed by atoms with van der Waals surface area (Å²) in [7, 11) is 0. The van der Waals surface area contributed by atoms with E-state index >= 15 is 0 Å². The molecule has 0 aliphatic heterocycles. The van der Waals surface area contributed by atoms with E-state index in [1.54, 1.807) is 23.6 Å². The molecule has 3 N–H and O–H groups in total. The molecule has 1 aromatic carbocycles. The van der Waals surface area contributed by atoms with Gasteiger partial charge in [-0.2, -0.15) is 0 Å². The van der Waals surface area contributed by atoms with E-state index in [-0.39, 0.29) is 11.1 Å². The van der Waals surface area contributed by atoms with Crippen molar-refractivity contribution in [2.24, 2.45) is 0 Å². The number of thiophene rings is 1. The van der Waals surface area contributed by atoms with Gasteiger partial charge in [0.15, 0.2) is 0 Å². The van der Waals surface area contributed by atoms with Gasteiger partial charge in [0.1, 0.15) is 0 Å². The van der Waals surface area contributed by atoms with Crippen LogP contribution in [0.1, 0.15) is 25.6 Å². The molecule has 19 heavy (non-hydrogen) atoms. The van der Waals surface area contributed by atoms with Crippen molar-refractivity contribution in [2.75, 3.05) is 5.32 Å².